The highest BCUT2D eigenvalue weighted by Crippen LogP contribution is 2.19. The first-order chi connectivity index (χ1) is 13.5. The number of benzene rings is 1. The summed E-state index contributed by atoms with van der Waals surface area (Å²) in [6.07, 6.45) is 4.10. The summed E-state index contributed by atoms with van der Waals surface area (Å²) in [5.41, 5.74) is 1.83. The molecule has 0 aliphatic rings. The summed E-state index contributed by atoms with van der Waals surface area (Å²) >= 11 is 0. The first-order valence-electron chi connectivity index (χ1n) is 9.08. The summed E-state index contributed by atoms with van der Waals surface area (Å²) in [7, 11) is 1.74. The molecule has 0 atom stereocenters. The van der Waals surface area contributed by atoms with Crippen LogP contribution < -0.4 is 10.3 Å². The number of hydrogen-bond acceptors (Lipinski definition) is 5. The molecule has 3 aromatic rings. The Morgan fingerprint density at radius 1 is 1.18 bits per heavy atom. The average Bonchev–Trinajstić information content (AvgIpc) is 2.68. The topological polar surface area (TPSA) is 84.7 Å². The van der Waals surface area contributed by atoms with Crippen molar-refractivity contribution in [2.75, 3.05) is 19.7 Å². The molecule has 0 radical (unpaired) electrons. The summed E-state index contributed by atoms with van der Waals surface area (Å²) in [5.74, 6) is -0.125. The molecule has 1 N–H and O–H groups in total. The van der Waals surface area contributed by atoms with E-state index in [1.165, 1.54) is 6.07 Å². The van der Waals surface area contributed by atoms with Crippen LogP contribution in [0.3, 0.4) is 0 Å². The molecule has 0 amide bonds. The van der Waals surface area contributed by atoms with Crippen LogP contribution in [0.5, 0.6) is 5.75 Å². The Balaban J connectivity index is 1.55. The number of carboxylic acid groups (broad SMARTS) is 1. The van der Waals surface area contributed by atoms with Crippen molar-refractivity contribution in [2.24, 2.45) is 7.05 Å². The molecule has 7 nitrogen and oxygen atoms in total. The van der Waals surface area contributed by atoms with Gasteiger partial charge in [0.05, 0.1) is 18.7 Å². The van der Waals surface area contributed by atoms with Gasteiger partial charge in [0.2, 0.25) is 0 Å². The quantitative estimate of drug-likeness (QED) is 0.573. The van der Waals surface area contributed by atoms with E-state index in [4.69, 9.17) is 9.84 Å². The number of aromatic nitrogens is 2. The first-order valence-corrected chi connectivity index (χ1v) is 9.08. The molecule has 0 aliphatic heterocycles. The normalized spacial score (nSPS) is 11.1. The van der Waals surface area contributed by atoms with Crippen molar-refractivity contribution in [1.82, 2.24) is 14.5 Å². The third-order valence-corrected chi connectivity index (χ3v) is 4.50. The second kappa shape index (κ2) is 9.14. The van der Waals surface area contributed by atoms with E-state index in [0.717, 1.165) is 22.2 Å². The number of rotatable bonds is 9. The fourth-order valence-corrected chi connectivity index (χ4v) is 3.08. The van der Waals surface area contributed by atoms with Crippen molar-refractivity contribution in [3.8, 4) is 5.75 Å². The van der Waals surface area contributed by atoms with Gasteiger partial charge in [-0.15, -0.1) is 0 Å². The molecule has 7 heteroatoms. The second-order valence-corrected chi connectivity index (χ2v) is 6.61. The number of hydrogen-bond donors (Lipinski definition) is 1. The zero-order chi connectivity index (χ0) is 19.9. The Morgan fingerprint density at radius 3 is 2.71 bits per heavy atom. The minimum absolute atomic E-state index is 0.0215. The maximum Gasteiger partial charge on any atom is 0.317 e. The van der Waals surface area contributed by atoms with Crippen molar-refractivity contribution in [3.05, 3.63) is 70.8 Å². The molecule has 0 aliphatic carbocycles. The van der Waals surface area contributed by atoms with E-state index in [2.05, 4.69) is 4.98 Å². The zero-order valence-corrected chi connectivity index (χ0v) is 15.7. The van der Waals surface area contributed by atoms with E-state index in [9.17, 15) is 9.59 Å². The van der Waals surface area contributed by atoms with Crippen molar-refractivity contribution < 1.29 is 14.6 Å². The molecular weight excluding hydrogens is 358 g/mol. The van der Waals surface area contributed by atoms with Crippen molar-refractivity contribution in [1.29, 1.82) is 0 Å². The Hall–Kier alpha value is -3.19. The molecule has 0 saturated carbocycles. The maximum absolute atomic E-state index is 11.7. The van der Waals surface area contributed by atoms with Crippen LogP contribution in [0, 0.1) is 0 Å². The van der Waals surface area contributed by atoms with Gasteiger partial charge in [0.1, 0.15) is 5.75 Å². The largest absolute Gasteiger partial charge is 0.494 e. The van der Waals surface area contributed by atoms with Crippen LogP contribution in [0.4, 0.5) is 0 Å². The molecular formula is C21H23N3O4. The van der Waals surface area contributed by atoms with E-state index >= 15 is 0 Å². The summed E-state index contributed by atoms with van der Waals surface area (Å²) in [5, 5.41) is 10.1. The zero-order valence-electron chi connectivity index (χ0n) is 15.7. The van der Waals surface area contributed by atoms with Gasteiger partial charge in [0.15, 0.2) is 0 Å². The molecule has 1 aromatic carbocycles. The summed E-state index contributed by atoms with van der Waals surface area (Å²) in [6, 6.07) is 12.7. The second-order valence-electron chi connectivity index (χ2n) is 6.61. The molecule has 146 valence electrons. The van der Waals surface area contributed by atoms with Gasteiger partial charge in [-0.2, -0.15) is 0 Å². The number of nitrogens with zero attached hydrogens (tertiary/aromatic N) is 3. The molecule has 0 unspecified atom stereocenters. The lowest BCUT2D eigenvalue weighted by Crippen LogP contribution is -2.31. The number of ether oxygens (including phenoxy) is 1. The van der Waals surface area contributed by atoms with Crippen LogP contribution >= 0.6 is 0 Å². The highest BCUT2D eigenvalue weighted by atomic mass is 16.5. The smallest absolute Gasteiger partial charge is 0.317 e. The van der Waals surface area contributed by atoms with Crippen LogP contribution in [0.1, 0.15) is 12.0 Å². The summed E-state index contributed by atoms with van der Waals surface area (Å²) < 4.78 is 7.42. The third-order valence-electron chi connectivity index (χ3n) is 4.50. The predicted molar refractivity (Wildman–Crippen MR) is 106 cm³/mol. The fourth-order valence-electron chi connectivity index (χ4n) is 3.08. The van der Waals surface area contributed by atoms with Crippen molar-refractivity contribution in [3.63, 3.8) is 0 Å². The van der Waals surface area contributed by atoms with Gasteiger partial charge in [-0.05, 0) is 48.4 Å². The van der Waals surface area contributed by atoms with Crippen molar-refractivity contribution >= 4 is 16.9 Å². The average molecular weight is 381 g/mol. The number of pyridine rings is 2. The molecule has 2 heterocycles. The molecule has 0 spiro atoms. The summed E-state index contributed by atoms with van der Waals surface area (Å²) in [6.45, 7) is 1.62. The van der Waals surface area contributed by atoms with Crippen LogP contribution in [-0.4, -0.2) is 45.2 Å². The number of carbonyl (C=O) groups is 1. The van der Waals surface area contributed by atoms with Crippen LogP contribution in [0.2, 0.25) is 0 Å². The van der Waals surface area contributed by atoms with Gasteiger partial charge in [-0.25, -0.2) is 0 Å². The Labute approximate surface area is 162 Å². The fraction of sp³-hybridized carbons (Fsp3) is 0.286. The lowest BCUT2D eigenvalue weighted by molar-refractivity contribution is -0.138. The molecule has 0 bridgehead atoms. The monoisotopic (exact) mass is 381 g/mol. The molecule has 0 saturated heterocycles. The third kappa shape index (κ3) is 5.17. The standard InChI is InChI=1S/C21H23N3O4/c1-23-19-5-4-18(13-17(19)3-6-20(23)25)28-12-2-11-24(15-21(26)27)14-16-7-9-22-10-8-16/h3-10,13H,2,11-12,14-15H2,1H3,(H,26,27). The van der Waals surface area contributed by atoms with Gasteiger partial charge >= 0.3 is 5.97 Å². The van der Waals surface area contributed by atoms with E-state index < -0.39 is 5.97 Å². The summed E-state index contributed by atoms with van der Waals surface area (Å²) in [4.78, 5) is 28.7. The number of fused-ring (bicyclic) bond motifs is 1. The maximum atomic E-state index is 11.7. The predicted octanol–water partition coefficient (Wildman–Crippen LogP) is 2.29. The number of carboxylic acids is 1. The first kappa shape index (κ1) is 19.6. The highest BCUT2D eigenvalue weighted by Gasteiger charge is 2.10. The molecule has 0 fully saturated rings. The van der Waals surface area contributed by atoms with Crippen LogP contribution in [-0.2, 0) is 18.4 Å². The Bertz CT molecular complexity index is 1000. The van der Waals surface area contributed by atoms with Gasteiger partial charge in [-0.3, -0.25) is 19.5 Å². The SMILES string of the molecule is Cn1c(=O)ccc2cc(OCCCN(CC(=O)O)Cc3ccncc3)ccc21. The number of aliphatic carboxylic acids is 1. The van der Waals surface area contributed by atoms with Crippen molar-refractivity contribution in [2.45, 2.75) is 13.0 Å². The minimum Gasteiger partial charge on any atom is -0.494 e. The molecule has 28 heavy (non-hydrogen) atoms. The number of aryl methyl sites for hydroxylation is 1. The Morgan fingerprint density at radius 2 is 1.96 bits per heavy atom. The lowest BCUT2D eigenvalue weighted by Gasteiger charge is -2.20. The van der Waals surface area contributed by atoms with E-state index in [-0.39, 0.29) is 12.1 Å². The van der Waals surface area contributed by atoms with Crippen LogP contribution in [0.25, 0.3) is 10.9 Å². The molecule has 3 rings (SSSR count). The minimum atomic E-state index is -0.852. The van der Waals surface area contributed by atoms with Gasteiger partial charge in [-0.1, -0.05) is 0 Å². The lowest BCUT2D eigenvalue weighted by atomic mass is 10.2. The Kier molecular flexibility index (Phi) is 6.39. The van der Waals surface area contributed by atoms with E-state index in [1.807, 2.05) is 35.2 Å². The van der Waals surface area contributed by atoms with Gasteiger partial charge in [0, 0.05) is 44.0 Å². The van der Waals surface area contributed by atoms with E-state index in [1.54, 1.807) is 30.1 Å². The van der Waals surface area contributed by atoms with Gasteiger partial charge < -0.3 is 14.4 Å². The van der Waals surface area contributed by atoms with E-state index in [0.29, 0.717) is 26.1 Å². The van der Waals surface area contributed by atoms with Gasteiger partial charge in [0.25, 0.3) is 5.56 Å². The van der Waals surface area contributed by atoms with Crippen LogP contribution in [0.15, 0.2) is 59.7 Å². The molecule has 2 aromatic heterocycles. The highest BCUT2D eigenvalue weighted by molar-refractivity contribution is 5.80.